The minimum absolute atomic E-state index is 0. The third-order valence-electron chi connectivity index (χ3n) is 7.78. The summed E-state index contributed by atoms with van der Waals surface area (Å²) in [5.74, 6) is 0.319. The molecule has 0 saturated heterocycles. The van der Waals surface area contributed by atoms with Gasteiger partial charge in [-0.1, -0.05) is 0 Å². The first kappa shape index (κ1) is 31.5. The van der Waals surface area contributed by atoms with Crippen LogP contribution in [0.3, 0.4) is 0 Å². The van der Waals surface area contributed by atoms with Crippen molar-refractivity contribution >= 4 is 31.3 Å². The first-order valence-corrected chi connectivity index (χ1v) is 20.9. The summed E-state index contributed by atoms with van der Waals surface area (Å²) in [6, 6.07) is 24.1. The molecule has 2 aliphatic rings. The Labute approximate surface area is 257 Å². The molecule has 0 aliphatic heterocycles. The van der Waals surface area contributed by atoms with E-state index in [4.69, 9.17) is 4.43 Å². The van der Waals surface area contributed by atoms with Crippen LogP contribution in [-0.4, -0.2) is 23.0 Å². The van der Waals surface area contributed by atoms with Crippen molar-refractivity contribution in [2.45, 2.75) is 58.5 Å². The molecular weight excluding hydrogens is 619 g/mol. The van der Waals surface area contributed by atoms with E-state index in [2.05, 4.69) is 113 Å². The average Bonchev–Trinajstić information content (AvgIpc) is 3.34. The summed E-state index contributed by atoms with van der Waals surface area (Å²) in [5.41, 5.74) is 7.33. The Kier molecular flexibility index (Phi) is 9.83. The molecule has 0 amide bonds. The topological polar surface area (TPSA) is 9.23 Å². The molecule has 0 fully saturated rings. The molecule has 1 unspecified atom stereocenters. The van der Waals surface area contributed by atoms with Gasteiger partial charge in [0.25, 0.3) is 0 Å². The van der Waals surface area contributed by atoms with Gasteiger partial charge < -0.3 is 24.8 Å². The van der Waals surface area contributed by atoms with Crippen molar-refractivity contribution in [3.8, 4) is 0 Å². The standard InChI is InChI=1S/C32H37OSi2.2ClH.Zr/c1-22(2)25-16-17-28-26-14-10-8-12-23(26)20-29(28)31(25)32-27-15-11-9-13-24(27)21-30(32)35(6,7)19-18-33-34(3,4)5;;;/h8-17,21,32H,18-19H2,1-7H3;2*1H;/q;;;+2/p-2. The Morgan fingerprint density at radius 3 is 2.11 bits per heavy atom. The van der Waals surface area contributed by atoms with Crippen LogP contribution in [0.2, 0.25) is 38.8 Å². The molecule has 0 bridgehead atoms. The molecule has 6 heteroatoms. The van der Waals surface area contributed by atoms with E-state index in [-0.39, 0.29) is 24.8 Å². The van der Waals surface area contributed by atoms with Crippen LogP contribution >= 0.6 is 0 Å². The third kappa shape index (κ3) is 5.73. The number of hydrogen-bond donors (Lipinski definition) is 0. The summed E-state index contributed by atoms with van der Waals surface area (Å²) in [7, 11) is -3.28. The summed E-state index contributed by atoms with van der Waals surface area (Å²) in [5, 5.41) is 7.34. The fourth-order valence-electron chi connectivity index (χ4n) is 5.90. The smallest absolute Gasteiger partial charge is 1.00 e. The molecule has 38 heavy (non-hydrogen) atoms. The Morgan fingerprint density at radius 1 is 0.816 bits per heavy atom. The zero-order chi connectivity index (χ0) is 25.8. The fraction of sp³-hybridized carbons (Fsp3) is 0.312. The quantitative estimate of drug-likeness (QED) is 0.358. The number of allylic oxidation sites excluding steroid dienone is 1. The summed E-state index contributed by atoms with van der Waals surface area (Å²) in [6.07, 6.45) is 2.56. The normalized spacial score (nSPS) is 15.7. The van der Waals surface area contributed by atoms with E-state index in [1.54, 1.807) is 10.8 Å². The number of benzene rings is 3. The van der Waals surface area contributed by atoms with Crippen molar-refractivity contribution < 1.29 is 54.0 Å². The Hall–Kier alpha value is -1.00. The van der Waals surface area contributed by atoms with E-state index in [1.165, 1.54) is 77.2 Å². The maximum Gasteiger partial charge on any atom is -1.00 e. The van der Waals surface area contributed by atoms with Crippen LogP contribution in [0.1, 0.15) is 42.0 Å². The van der Waals surface area contributed by atoms with Crippen LogP contribution in [0.5, 0.6) is 0 Å². The first-order valence-electron chi connectivity index (χ1n) is 13.1. The monoisotopic (exact) mass is 653 g/mol. The van der Waals surface area contributed by atoms with Gasteiger partial charge in [-0.3, -0.25) is 0 Å². The molecular formula is C32H37Cl2OSi2Zr. The predicted octanol–water partition coefficient (Wildman–Crippen LogP) is 0.817. The largest absolute Gasteiger partial charge is 1.00 e. The predicted molar refractivity (Wildman–Crippen MR) is 155 cm³/mol. The van der Waals surface area contributed by atoms with E-state index in [9.17, 15) is 0 Å². The minimum Gasteiger partial charge on any atom is -1.00 e. The molecule has 0 radical (unpaired) electrons. The van der Waals surface area contributed by atoms with E-state index in [0.717, 1.165) is 6.61 Å². The summed E-state index contributed by atoms with van der Waals surface area (Å²) in [4.78, 5) is 0. The van der Waals surface area contributed by atoms with Gasteiger partial charge in [-0.2, -0.15) is 0 Å². The zero-order valence-electron chi connectivity index (χ0n) is 23.5. The van der Waals surface area contributed by atoms with Gasteiger partial charge in [-0.05, 0) is 0 Å². The van der Waals surface area contributed by atoms with Crippen LogP contribution < -0.4 is 35.3 Å². The molecule has 5 rings (SSSR count). The average molecular weight is 656 g/mol. The van der Waals surface area contributed by atoms with E-state index in [0.29, 0.717) is 5.92 Å². The van der Waals surface area contributed by atoms with Gasteiger partial charge in [0.15, 0.2) is 0 Å². The summed E-state index contributed by atoms with van der Waals surface area (Å²) in [6.45, 7) is 17.5. The van der Waals surface area contributed by atoms with Crippen LogP contribution in [0.15, 0.2) is 65.9 Å². The number of fused-ring (bicyclic) bond motifs is 3. The molecule has 2 aliphatic carbocycles. The number of halogens is 2. The van der Waals surface area contributed by atoms with Gasteiger partial charge in [-0.25, -0.2) is 0 Å². The van der Waals surface area contributed by atoms with Crippen LogP contribution in [0.25, 0.3) is 14.9 Å². The Bertz CT molecular complexity index is 1620. The molecule has 0 heterocycles. The molecule has 0 saturated carbocycles. The van der Waals surface area contributed by atoms with Crippen LogP contribution in [0, 0.1) is 10.4 Å². The summed E-state index contributed by atoms with van der Waals surface area (Å²) < 4.78 is 7.89. The minimum atomic E-state index is -1.76. The van der Waals surface area contributed by atoms with E-state index >= 15 is 0 Å². The SMILES string of the molecule is CC(C)=c1ccc2c(c1C1C([Si](C)(C)CCO[Si](C)(C)C)=Cc3ccccc31)[C]([Zr+2])=c1ccccc1=2.[Cl-].[Cl-]. The van der Waals surface area contributed by atoms with Crippen molar-refractivity contribution in [2.24, 2.45) is 0 Å². The summed E-state index contributed by atoms with van der Waals surface area (Å²) >= 11 is 1.49. The van der Waals surface area contributed by atoms with Gasteiger partial charge in [0.1, 0.15) is 0 Å². The molecule has 0 spiro atoms. The van der Waals surface area contributed by atoms with Crippen molar-refractivity contribution in [1.29, 1.82) is 0 Å². The Balaban J connectivity index is 0.00000200. The van der Waals surface area contributed by atoms with Gasteiger partial charge in [-0.15, -0.1) is 0 Å². The number of rotatable bonds is 6. The van der Waals surface area contributed by atoms with Gasteiger partial charge in [0.05, 0.1) is 0 Å². The molecule has 1 atom stereocenters. The molecule has 197 valence electrons. The van der Waals surface area contributed by atoms with E-state index < -0.39 is 16.4 Å². The van der Waals surface area contributed by atoms with Gasteiger partial charge >= 0.3 is 235 Å². The maximum absolute atomic E-state index is 6.38. The molecule has 1 nitrogen and oxygen atoms in total. The molecule has 0 aromatic heterocycles. The van der Waals surface area contributed by atoms with Crippen molar-refractivity contribution in [1.82, 2.24) is 0 Å². The second kappa shape index (κ2) is 11.8. The zero-order valence-corrected chi connectivity index (χ0v) is 29.5. The molecule has 3 aromatic rings. The van der Waals surface area contributed by atoms with Crippen molar-refractivity contribution in [2.75, 3.05) is 6.61 Å². The fourth-order valence-corrected chi connectivity index (χ4v) is 10.5. The molecule has 3 aromatic carbocycles. The van der Waals surface area contributed by atoms with Crippen molar-refractivity contribution in [3.05, 3.63) is 109 Å². The maximum atomic E-state index is 6.38. The second-order valence-corrected chi connectivity index (χ2v) is 22.7. The second-order valence-electron chi connectivity index (χ2n) is 12.1. The van der Waals surface area contributed by atoms with Gasteiger partial charge in [0.2, 0.25) is 0 Å². The van der Waals surface area contributed by atoms with Crippen LogP contribution in [-0.2, 0) is 29.1 Å². The first-order chi connectivity index (χ1) is 17.0. The molecule has 0 N–H and O–H groups in total. The van der Waals surface area contributed by atoms with Crippen LogP contribution in [0.4, 0.5) is 0 Å². The van der Waals surface area contributed by atoms with Crippen molar-refractivity contribution in [3.63, 3.8) is 0 Å². The Morgan fingerprint density at radius 2 is 1.45 bits per heavy atom. The third-order valence-corrected chi connectivity index (χ3v) is 13.6. The van der Waals surface area contributed by atoms with E-state index in [1.807, 2.05) is 0 Å². The van der Waals surface area contributed by atoms with Gasteiger partial charge in [0, 0.05) is 0 Å². The number of hydrogen-bond acceptors (Lipinski definition) is 1.